The molecule has 1 aliphatic rings. The van der Waals surface area contributed by atoms with Crippen molar-refractivity contribution in [3.8, 4) is 6.07 Å². The van der Waals surface area contributed by atoms with Crippen LogP contribution in [0.4, 0.5) is 0 Å². The van der Waals surface area contributed by atoms with Crippen molar-refractivity contribution in [2.75, 3.05) is 13.2 Å². The van der Waals surface area contributed by atoms with E-state index in [1.165, 1.54) is 0 Å². The van der Waals surface area contributed by atoms with Gasteiger partial charge in [-0.25, -0.2) is 0 Å². The van der Waals surface area contributed by atoms with E-state index in [1.807, 2.05) is 13.8 Å². The Hall–Kier alpha value is -0.630. The largest absolute Gasteiger partial charge is 0.386 e. The van der Waals surface area contributed by atoms with Gasteiger partial charge in [-0.05, 0) is 13.3 Å². The molecule has 0 amide bonds. The number of rotatable bonds is 4. The number of ether oxygens (including phenoxy) is 1. The van der Waals surface area contributed by atoms with E-state index in [0.717, 1.165) is 6.42 Å². The van der Waals surface area contributed by atoms with E-state index < -0.39 is 5.60 Å². The fraction of sp³-hybridized carbons (Fsp3) is 0.900. The Morgan fingerprint density at radius 1 is 1.79 bits per heavy atom. The maximum Gasteiger partial charge on any atom is 0.105 e. The standard InChI is InChI=1S/C10H18N2O2/c1-3-9(6-11)12-7-10(13)4-5-14-8(10)2/h8-9,12-13H,3-5,7H2,1-2H3. The molecule has 3 unspecified atom stereocenters. The molecule has 1 rings (SSSR count). The summed E-state index contributed by atoms with van der Waals surface area (Å²) >= 11 is 0. The summed E-state index contributed by atoms with van der Waals surface area (Å²) in [5, 5.41) is 21.9. The van der Waals surface area contributed by atoms with E-state index >= 15 is 0 Å². The molecule has 4 nitrogen and oxygen atoms in total. The Morgan fingerprint density at radius 2 is 2.50 bits per heavy atom. The predicted octanol–water partition coefficient (Wildman–Crippen LogP) is 0.418. The maximum atomic E-state index is 10.1. The second kappa shape index (κ2) is 4.74. The van der Waals surface area contributed by atoms with Crippen molar-refractivity contribution in [3.05, 3.63) is 0 Å². The SMILES string of the molecule is CCC(C#N)NCC1(O)CCOC1C. The molecule has 1 fully saturated rings. The van der Waals surface area contributed by atoms with Crippen LogP contribution in [-0.2, 0) is 4.74 Å². The number of aliphatic hydroxyl groups is 1. The highest BCUT2D eigenvalue weighted by atomic mass is 16.5. The molecule has 0 bridgehead atoms. The molecule has 2 N–H and O–H groups in total. The summed E-state index contributed by atoms with van der Waals surface area (Å²) in [5.74, 6) is 0. The third kappa shape index (κ3) is 2.44. The van der Waals surface area contributed by atoms with Crippen molar-refractivity contribution >= 4 is 0 Å². The first-order valence-corrected chi connectivity index (χ1v) is 5.09. The van der Waals surface area contributed by atoms with Gasteiger partial charge < -0.3 is 9.84 Å². The highest BCUT2D eigenvalue weighted by molar-refractivity contribution is 4.96. The summed E-state index contributed by atoms with van der Waals surface area (Å²) < 4.78 is 5.30. The quantitative estimate of drug-likeness (QED) is 0.687. The van der Waals surface area contributed by atoms with Crippen LogP contribution in [0.15, 0.2) is 0 Å². The van der Waals surface area contributed by atoms with E-state index in [9.17, 15) is 5.11 Å². The lowest BCUT2D eigenvalue weighted by Gasteiger charge is -2.27. The number of nitrogens with zero attached hydrogens (tertiary/aromatic N) is 1. The lowest BCUT2D eigenvalue weighted by molar-refractivity contribution is -0.0268. The molecular weight excluding hydrogens is 180 g/mol. The van der Waals surface area contributed by atoms with Crippen LogP contribution in [0.5, 0.6) is 0 Å². The highest BCUT2D eigenvalue weighted by Crippen LogP contribution is 2.24. The summed E-state index contributed by atoms with van der Waals surface area (Å²) in [7, 11) is 0. The van der Waals surface area contributed by atoms with Gasteiger partial charge in [0.05, 0.1) is 18.2 Å². The normalized spacial score (nSPS) is 34.0. The van der Waals surface area contributed by atoms with E-state index in [-0.39, 0.29) is 12.1 Å². The van der Waals surface area contributed by atoms with Crippen molar-refractivity contribution in [1.29, 1.82) is 5.26 Å². The molecule has 0 aromatic rings. The van der Waals surface area contributed by atoms with Crippen molar-refractivity contribution < 1.29 is 9.84 Å². The first-order valence-electron chi connectivity index (χ1n) is 5.09. The van der Waals surface area contributed by atoms with Gasteiger partial charge in [0, 0.05) is 19.6 Å². The number of hydrogen-bond donors (Lipinski definition) is 2. The summed E-state index contributed by atoms with van der Waals surface area (Å²) in [6, 6.07) is 1.97. The van der Waals surface area contributed by atoms with Gasteiger partial charge in [0.2, 0.25) is 0 Å². The zero-order valence-corrected chi connectivity index (χ0v) is 8.79. The van der Waals surface area contributed by atoms with Crippen LogP contribution in [0.1, 0.15) is 26.7 Å². The van der Waals surface area contributed by atoms with Crippen molar-refractivity contribution in [1.82, 2.24) is 5.32 Å². The maximum absolute atomic E-state index is 10.1. The molecule has 1 aliphatic heterocycles. The summed E-state index contributed by atoms with van der Waals surface area (Å²) in [5.41, 5.74) is -0.801. The molecule has 14 heavy (non-hydrogen) atoms. The van der Waals surface area contributed by atoms with Crippen molar-refractivity contribution in [3.63, 3.8) is 0 Å². The minimum absolute atomic E-state index is 0.147. The minimum Gasteiger partial charge on any atom is -0.386 e. The Kier molecular flexibility index (Phi) is 3.87. The molecule has 0 radical (unpaired) electrons. The second-order valence-electron chi connectivity index (χ2n) is 3.84. The summed E-state index contributed by atoms with van der Waals surface area (Å²) in [6.07, 6.45) is 1.25. The van der Waals surface area contributed by atoms with E-state index in [0.29, 0.717) is 19.6 Å². The van der Waals surface area contributed by atoms with Crippen molar-refractivity contribution in [2.45, 2.75) is 44.4 Å². The molecule has 4 heteroatoms. The van der Waals surface area contributed by atoms with Gasteiger partial charge in [-0.3, -0.25) is 5.32 Å². The average molecular weight is 198 g/mol. The first-order chi connectivity index (χ1) is 6.62. The van der Waals surface area contributed by atoms with Gasteiger partial charge >= 0.3 is 0 Å². The summed E-state index contributed by atoms with van der Waals surface area (Å²) in [4.78, 5) is 0. The van der Waals surface area contributed by atoms with Crippen LogP contribution in [0.25, 0.3) is 0 Å². The van der Waals surface area contributed by atoms with Crippen LogP contribution < -0.4 is 5.32 Å². The van der Waals surface area contributed by atoms with E-state index in [4.69, 9.17) is 10.00 Å². The first kappa shape index (κ1) is 11.4. The molecular formula is C10H18N2O2. The number of nitriles is 1. The van der Waals surface area contributed by atoms with Gasteiger partial charge in [0.15, 0.2) is 0 Å². The van der Waals surface area contributed by atoms with Gasteiger partial charge in [0.25, 0.3) is 0 Å². The zero-order chi connectivity index (χ0) is 10.6. The van der Waals surface area contributed by atoms with E-state index in [1.54, 1.807) is 0 Å². The fourth-order valence-corrected chi connectivity index (χ4v) is 1.58. The van der Waals surface area contributed by atoms with Crippen LogP contribution in [0, 0.1) is 11.3 Å². The zero-order valence-electron chi connectivity index (χ0n) is 8.79. The molecule has 1 saturated heterocycles. The monoisotopic (exact) mass is 198 g/mol. The van der Waals surface area contributed by atoms with Gasteiger partial charge in [-0.2, -0.15) is 5.26 Å². The minimum atomic E-state index is -0.801. The lowest BCUT2D eigenvalue weighted by Crippen LogP contribution is -2.48. The molecule has 0 aromatic heterocycles. The molecule has 0 aliphatic carbocycles. The molecule has 80 valence electrons. The lowest BCUT2D eigenvalue weighted by atomic mass is 9.96. The molecule has 0 saturated carbocycles. The average Bonchev–Trinajstić information content (AvgIpc) is 2.49. The molecule has 3 atom stereocenters. The van der Waals surface area contributed by atoms with E-state index in [2.05, 4.69) is 11.4 Å². The van der Waals surface area contributed by atoms with Gasteiger partial charge in [-0.1, -0.05) is 6.92 Å². The highest BCUT2D eigenvalue weighted by Gasteiger charge is 2.39. The molecule has 1 heterocycles. The molecule has 0 spiro atoms. The topological polar surface area (TPSA) is 65.3 Å². The van der Waals surface area contributed by atoms with Crippen LogP contribution in [0.3, 0.4) is 0 Å². The van der Waals surface area contributed by atoms with Crippen molar-refractivity contribution in [2.24, 2.45) is 0 Å². The smallest absolute Gasteiger partial charge is 0.105 e. The second-order valence-corrected chi connectivity index (χ2v) is 3.84. The third-order valence-corrected chi connectivity index (χ3v) is 2.88. The number of nitrogens with one attached hydrogen (secondary N) is 1. The van der Waals surface area contributed by atoms with Gasteiger partial charge in [-0.15, -0.1) is 0 Å². The van der Waals surface area contributed by atoms with Gasteiger partial charge in [0.1, 0.15) is 5.60 Å². The molecule has 0 aromatic carbocycles. The Balaban J connectivity index is 2.40. The number of hydrogen-bond acceptors (Lipinski definition) is 4. The Labute approximate surface area is 84.9 Å². The van der Waals surface area contributed by atoms with Crippen LogP contribution in [0.2, 0.25) is 0 Å². The summed E-state index contributed by atoms with van der Waals surface area (Å²) in [6.45, 7) is 4.84. The predicted molar refractivity (Wildman–Crippen MR) is 52.7 cm³/mol. The fourth-order valence-electron chi connectivity index (χ4n) is 1.58. The van der Waals surface area contributed by atoms with Crippen LogP contribution in [-0.4, -0.2) is 36.0 Å². The van der Waals surface area contributed by atoms with Crippen LogP contribution >= 0.6 is 0 Å². The third-order valence-electron chi connectivity index (χ3n) is 2.88. The Morgan fingerprint density at radius 3 is 2.93 bits per heavy atom. The Bertz CT molecular complexity index is 227.